The molecule has 9 nitrogen and oxygen atoms in total. The van der Waals surface area contributed by atoms with Gasteiger partial charge < -0.3 is 24.3 Å². The summed E-state index contributed by atoms with van der Waals surface area (Å²) in [6, 6.07) is 15.7. The minimum Gasteiger partial charge on any atom is -0.486 e. The molecule has 34 heavy (non-hydrogen) atoms. The highest BCUT2D eigenvalue weighted by atomic mass is 79.9. The number of rotatable bonds is 3. The standard InChI is InChI=1S/C24H18BrN3O6/c25-15-3-4-17-16(11-15)24(30)28(27-23(29)14-2-6-19-21(10-14)34-12-33-19)22(26-17)13-1-5-18-20(9-13)32-8-7-31-18/h1-6,9-11,22,26H,7-8,12H2,(H,27,29). The van der Waals surface area contributed by atoms with Crippen molar-refractivity contribution in [2.45, 2.75) is 6.17 Å². The van der Waals surface area contributed by atoms with Gasteiger partial charge in [0.25, 0.3) is 11.8 Å². The van der Waals surface area contributed by atoms with Crippen LogP contribution < -0.4 is 29.7 Å². The third-order valence-electron chi connectivity index (χ3n) is 5.72. The number of nitrogens with zero attached hydrogens (tertiary/aromatic N) is 1. The van der Waals surface area contributed by atoms with Gasteiger partial charge in [0.15, 0.2) is 23.0 Å². The maximum atomic E-state index is 13.5. The van der Waals surface area contributed by atoms with Gasteiger partial charge in [-0.25, -0.2) is 5.01 Å². The van der Waals surface area contributed by atoms with Crippen molar-refractivity contribution in [3.05, 3.63) is 75.8 Å². The van der Waals surface area contributed by atoms with Crippen molar-refractivity contribution >= 4 is 33.4 Å². The summed E-state index contributed by atoms with van der Waals surface area (Å²) in [6.07, 6.45) is -0.685. The van der Waals surface area contributed by atoms with Crippen LogP contribution in [0.5, 0.6) is 23.0 Å². The SMILES string of the molecule is O=C(NN1C(=O)c2cc(Br)ccc2NC1c1ccc2c(c1)OCCO2)c1ccc2c(c1)OCO2. The number of carbonyl (C=O) groups excluding carboxylic acids is 2. The number of ether oxygens (including phenoxy) is 4. The number of carbonyl (C=O) groups is 2. The smallest absolute Gasteiger partial charge is 0.276 e. The van der Waals surface area contributed by atoms with Gasteiger partial charge in [0, 0.05) is 21.3 Å². The van der Waals surface area contributed by atoms with E-state index in [0.717, 1.165) is 10.0 Å². The van der Waals surface area contributed by atoms with Crippen molar-refractivity contribution in [1.29, 1.82) is 0 Å². The molecular formula is C24H18BrN3O6. The number of anilines is 1. The first-order valence-electron chi connectivity index (χ1n) is 10.6. The summed E-state index contributed by atoms with van der Waals surface area (Å²) < 4.78 is 22.8. The number of hydrazine groups is 1. The summed E-state index contributed by atoms with van der Waals surface area (Å²) in [5.41, 5.74) is 4.89. The zero-order valence-corrected chi connectivity index (χ0v) is 19.3. The third-order valence-corrected chi connectivity index (χ3v) is 6.21. The molecule has 3 aromatic carbocycles. The first-order valence-corrected chi connectivity index (χ1v) is 11.4. The van der Waals surface area contributed by atoms with Crippen molar-refractivity contribution < 1.29 is 28.5 Å². The van der Waals surface area contributed by atoms with E-state index in [1.54, 1.807) is 30.3 Å². The Kier molecular flexibility index (Phi) is 4.95. The van der Waals surface area contributed by atoms with Crippen LogP contribution in [0.1, 0.15) is 32.4 Å². The highest BCUT2D eigenvalue weighted by Crippen LogP contribution is 2.38. The van der Waals surface area contributed by atoms with Gasteiger partial charge in [-0.1, -0.05) is 22.0 Å². The number of nitrogens with one attached hydrogen (secondary N) is 2. The van der Waals surface area contributed by atoms with Crippen molar-refractivity contribution in [3.63, 3.8) is 0 Å². The zero-order chi connectivity index (χ0) is 23.2. The van der Waals surface area contributed by atoms with E-state index in [9.17, 15) is 9.59 Å². The molecule has 0 fully saturated rings. The second-order valence-corrected chi connectivity index (χ2v) is 8.74. The van der Waals surface area contributed by atoms with E-state index in [4.69, 9.17) is 18.9 Å². The number of benzene rings is 3. The van der Waals surface area contributed by atoms with E-state index in [2.05, 4.69) is 26.7 Å². The minimum atomic E-state index is -0.685. The lowest BCUT2D eigenvalue weighted by molar-refractivity contribution is 0.0490. The molecule has 1 atom stereocenters. The van der Waals surface area contributed by atoms with Gasteiger partial charge in [0.2, 0.25) is 6.79 Å². The molecule has 0 aromatic heterocycles. The van der Waals surface area contributed by atoms with E-state index in [1.807, 2.05) is 24.3 Å². The largest absolute Gasteiger partial charge is 0.486 e. The second kappa shape index (κ2) is 8.14. The van der Waals surface area contributed by atoms with Crippen molar-refractivity contribution in [1.82, 2.24) is 10.4 Å². The molecule has 0 saturated carbocycles. The molecule has 6 rings (SSSR count). The minimum absolute atomic E-state index is 0.104. The molecule has 172 valence electrons. The molecule has 3 aromatic rings. The Morgan fingerprint density at radius 1 is 0.912 bits per heavy atom. The predicted molar refractivity (Wildman–Crippen MR) is 124 cm³/mol. The fraction of sp³-hybridized carbons (Fsp3) is 0.167. The predicted octanol–water partition coefficient (Wildman–Crippen LogP) is 3.86. The first kappa shape index (κ1) is 20.7. The van der Waals surface area contributed by atoms with Gasteiger partial charge >= 0.3 is 0 Å². The normalized spacial score (nSPS) is 17.6. The highest BCUT2D eigenvalue weighted by molar-refractivity contribution is 9.10. The summed E-state index contributed by atoms with van der Waals surface area (Å²) in [4.78, 5) is 26.7. The van der Waals surface area contributed by atoms with Gasteiger partial charge in [-0.05, 0) is 48.5 Å². The van der Waals surface area contributed by atoms with Crippen molar-refractivity contribution in [2.24, 2.45) is 0 Å². The average molecular weight is 524 g/mol. The molecule has 0 bridgehead atoms. The summed E-state index contributed by atoms with van der Waals surface area (Å²) in [6.45, 7) is 1.02. The van der Waals surface area contributed by atoms with E-state index in [1.165, 1.54) is 5.01 Å². The van der Waals surface area contributed by atoms with Crippen LogP contribution in [0.3, 0.4) is 0 Å². The van der Waals surface area contributed by atoms with E-state index in [-0.39, 0.29) is 12.7 Å². The summed E-state index contributed by atoms with van der Waals surface area (Å²) >= 11 is 3.41. The number of hydrogen-bond donors (Lipinski definition) is 2. The number of hydrogen-bond acceptors (Lipinski definition) is 7. The van der Waals surface area contributed by atoms with Gasteiger partial charge in [-0.3, -0.25) is 15.0 Å². The van der Waals surface area contributed by atoms with Crippen LogP contribution in [0.15, 0.2) is 59.1 Å². The lowest BCUT2D eigenvalue weighted by atomic mass is 10.0. The Bertz CT molecular complexity index is 1330. The van der Waals surface area contributed by atoms with Gasteiger partial charge in [-0.2, -0.15) is 0 Å². The molecule has 0 aliphatic carbocycles. The zero-order valence-electron chi connectivity index (χ0n) is 17.7. The van der Waals surface area contributed by atoms with Crippen molar-refractivity contribution in [3.8, 4) is 23.0 Å². The van der Waals surface area contributed by atoms with Gasteiger partial charge in [-0.15, -0.1) is 0 Å². The van der Waals surface area contributed by atoms with Crippen LogP contribution in [-0.4, -0.2) is 36.8 Å². The molecule has 0 saturated heterocycles. The van der Waals surface area contributed by atoms with Gasteiger partial charge in [0.05, 0.1) is 5.56 Å². The molecule has 2 amide bonds. The molecule has 1 unspecified atom stereocenters. The van der Waals surface area contributed by atoms with Crippen LogP contribution in [0.4, 0.5) is 5.69 Å². The maximum absolute atomic E-state index is 13.5. The van der Waals surface area contributed by atoms with Crippen LogP contribution in [0.25, 0.3) is 0 Å². The monoisotopic (exact) mass is 523 g/mol. The molecular weight excluding hydrogens is 506 g/mol. The molecule has 3 heterocycles. The number of halogens is 1. The Hall–Kier alpha value is -3.92. The number of fused-ring (bicyclic) bond motifs is 3. The third kappa shape index (κ3) is 3.56. The van der Waals surface area contributed by atoms with Crippen LogP contribution in [0.2, 0.25) is 0 Å². The topological polar surface area (TPSA) is 98.4 Å². The quantitative estimate of drug-likeness (QED) is 0.537. The molecule has 2 N–H and O–H groups in total. The molecule has 10 heteroatoms. The lowest BCUT2D eigenvalue weighted by Gasteiger charge is -2.38. The maximum Gasteiger partial charge on any atom is 0.276 e. The Balaban J connectivity index is 1.37. The summed E-state index contributed by atoms with van der Waals surface area (Å²) in [5.74, 6) is 1.45. The Morgan fingerprint density at radius 2 is 1.65 bits per heavy atom. The second-order valence-electron chi connectivity index (χ2n) is 7.82. The van der Waals surface area contributed by atoms with Gasteiger partial charge in [0.1, 0.15) is 19.4 Å². The van der Waals surface area contributed by atoms with E-state index < -0.39 is 12.1 Å². The fourth-order valence-electron chi connectivity index (χ4n) is 4.07. The highest BCUT2D eigenvalue weighted by Gasteiger charge is 2.35. The van der Waals surface area contributed by atoms with Crippen LogP contribution in [-0.2, 0) is 0 Å². The fourth-order valence-corrected chi connectivity index (χ4v) is 4.43. The van der Waals surface area contributed by atoms with Crippen LogP contribution in [0, 0.1) is 0 Å². The molecule has 0 radical (unpaired) electrons. The Morgan fingerprint density at radius 3 is 2.53 bits per heavy atom. The van der Waals surface area contributed by atoms with Crippen molar-refractivity contribution in [2.75, 3.05) is 25.3 Å². The van der Waals surface area contributed by atoms with Crippen LogP contribution >= 0.6 is 15.9 Å². The molecule has 3 aliphatic heterocycles. The molecule has 3 aliphatic rings. The molecule has 0 spiro atoms. The lowest BCUT2D eigenvalue weighted by Crippen LogP contribution is -2.52. The number of amides is 2. The van der Waals surface area contributed by atoms with E-state index in [0.29, 0.717) is 53.0 Å². The first-order chi connectivity index (χ1) is 16.6. The van der Waals surface area contributed by atoms with E-state index >= 15 is 0 Å². The summed E-state index contributed by atoms with van der Waals surface area (Å²) in [7, 11) is 0. The Labute approximate surface area is 202 Å². The summed E-state index contributed by atoms with van der Waals surface area (Å²) in [5, 5.41) is 4.64. The average Bonchev–Trinajstić information content (AvgIpc) is 3.33.